The molecule has 0 aromatic heterocycles. The molecule has 150 valence electrons. The third-order valence-corrected chi connectivity index (χ3v) is 4.92. The lowest BCUT2D eigenvalue weighted by molar-refractivity contribution is -0.0816. The van der Waals surface area contributed by atoms with E-state index in [4.69, 9.17) is 18.9 Å². The molecule has 3 rings (SSSR count). The quantitative estimate of drug-likeness (QED) is 0.445. The fourth-order valence-electron chi connectivity index (χ4n) is 3.46. The van der Waals surface area contributed by atoms with E-state index in [-0.39, 0.29) is 12.2 Å². The van der Waals surface area contributed by atoms with Gasteiger partial charge in [-0.05, 0) is 43.5 Å². The number of nitrogens with one attached hydrogen (secondary N) is 1. The molecule has 2 saturated heterocycles. The van der Waals surface area contributed by atoms with Crippen LogP contribution in [0.2, 0.25) is 0 Å². The Morgan fingerprint density at radius 3 is 2.67 bits per heavy atom. The summed E-state index contributed by atoms with van der Waals surface area (Å²) in [7, 11) is 3.48. The van der Waals surface area contributed by atoms with E-state index in [9.17, 15) is 0 Å². The first-order chi connectivity index (χ1) is 13.3. The Bertz CT molecular complexity index is 587. The van der Waals surface area contributed by atoms with Crippen molar-refractivity contribution in [1.29, 1.82) is 0 Å². The zero-order chi connectivity index (χ0) is 18.9. The van der Waals surface area contributed by atoms with Gasteiger partial charge < -0.3 is 29.2 Å². The highest BCUT2D eigenvalue weighted by Crippen LogP contribution is 2.21. The zero-order valence-electron chi connectivity index (χ0n) is 16.4. The van der Waals surface area contributed by atoms with Crippen LogP contribution in [0.5, 0.6) is 11.5 Å². The predicted molar refractivity (Wildman–Crippen MR) is 105 cm³/mol. The van der Waals surface area contributed by atoms with Gasteiger partial charge in [0.15, 0.2) is 5.96 Å². The van der Waals surface area contributed by atoms with Crippen LogP contribution in [0.4, 0.5) is 0 Å². The molecular formula is C20H31N3O4. The molecule has 0 amide bonds. The number of guanidine groups is 1. The van der Waals surface area contributed by atoms with Gasteiger partial charge in [0.25, 0.3) is 0 Å². The van der Waals surface area contributed by atoms with Gasteiger partial charge in [0.05, 0.1) is 26.4 Å². The number of hydrogen-bond donors (Lipinski definition) is 1. The normalized spacial score (nSPS) is 23.3. The highest BCUT2D eigenvalue weighted by Gasteiger charge is 2.32. The van der Waals surface area contributed by atoms with Crippen LogP contribution in [0.15, 0.2) is 29.3 Å². The molecule has 27 heavy (non-hydrogen) atoms. The maximum absolute atomic E-state index is 5.92. The van der Waals surface area contributed by atoms with Crippen molar-refractivity contribution < 1.29 is 18.9 Å². The van der Waals surface area contributed by atoms with Crippen molar-refractivity contribution in [2.24, 2.45) is 4.99 Å². The monoisotopic (exact) mass is 377 g/mol. The topological polar surface area (TPSA) is 64.6 Å². The molecule has 0 aliphatic carbocycles. The minimum atomic E-state index is 0.137. The number of rotatable bonds is 7. The third-order valence-electron chi connectivity index (χ3n) is 4.92. The van der Waals surface area contributed by atoms with Gasteiger partial charge in [-0.3, -0.25) is 4.99 Å². The summed E-state index contributed by atoms with van der Waals surface area (Å²) in [6.07, 6.45) is 3.48. The maximum atomic E-state index is 5.92. The van der Waals surface area contributed by atoms with Crippen LogP contribution in [0.1, 0.15) is 19.3 Å². The van der Waals surface area contributed by atoms with E-state index < -0.39 is 0 Å². The summed E-state index contributed by atoms with van der Waals surface area (Å²) in [5.41, 5.74) is 0. The highest BCUT2D eigenvalue weighted by molar-refractivity contribution is 5.80. The van der Waals surface area contributed by atoms with Crippen LogP contribution in [0.25, 0.3) is 0 Å². The number of ether oxygens (including phenoxy) is 4. The fourth-order valence-corrected chi connectivity index (χ4v) is 3.46. The Balaban J connectivity index is 1.37. The van der Waals surface area contributed by atoms with Crippen LogP contribution < -0.4 is 14.8 Å². The summed E-state index contributed by atoms with van der Waals surface area (Å²) < 4.78 is 22.6. The Morgan fingerprint density at radius 2 is 1.96 bits per heavy atom. The molecule has 2 unspecified atom stereocenters. The Labute approximate surface area is 161 Å². The van der Waals surface area contributed by atoms with Gasteiger partial charge in [-0.1, -0.05) is 0 Å². The van der Waals surface area contributed by atoms with Gasteiger partial charge in [-0.2, -0.15) is 0 Å². The van der Waals surface area contributed by atoms with Gasteiger partial charge in [0.1, 0.15) is 17.6 Å². The van der Waals surface area contributed by atoms with E-state index in [1.54, 1.807) is 7.11 Å². The molecular weight excluding hydrogens is 346 g/mol. The lowest BCUT2D eigenvalue weighted by Crippen LogP contribution is -2.53. The lowest BCUT2D eigenvalue weighted by Gasteiger charge is -2.37. The Kier molecular flexibility index (Phi) is 7.59. The van der Waals surface area contributed by atoms with Gasteiger partial charge in [-0.25, -0.2) is 0 Å². The first-order valence-corrected chi connectivity index (χ1v) is 9.76. The van der Waals surface area contributed by atoms with Crippen molar-refractivity contribution in [1.82, 2.24) is 10.2 Å². The summed E-state index contributed by atoms with van der Waals surface area (Å²) in [5, 5.41) is 3.43. The summed E-state index contributed by atoms with van der Waals surface area (Å²) in [4.78, 5) is 6.69. The maximum Gasteiger partial charge on any atom is 0.193 e. The Hall–Kier alpha value is -1.99. The van der Waals surface area contributed by atoms with Gasteiger partial charge in [0, 0.05) is 33.3 Å². The second-order valence-electron chi connectivity index (χ2n) is 6.76. The average molecular weight is 377 g/mol. The molecule has 1 aromatic carbocycles. The number of methoxy groups -OCH3 is 1. The number of morpholine rings is 1. The minimum Gasteiger partial charge on any atom is -0.497 e. The van der Waals surface area contributed by atoms with E-state index >= 15 is 0 Å². The molecule has 1 aromatic rings. The molecule has 7 nitrogen and oxygen atoms in total. The molecule has 0 spiro atoms. The van der Waals surface area contributed by atoms with Crippen molar-refractivity contribution >= 4 is 5.96 Å². The standard InChI is InChI=1S/C20H31N3O4/c1-21-20(23-11-14-27-19(15-23)18-5-3-12-26-18)22-10-4-13-25-17-8-6-16(24-2)7-9-17/h6-9,18-19H,3-5,10-15H2,1-2H3,(H,21,22). The molecule has 2 atom stereocenters. The summed E-state index contributed by atoms with van der Waals surface area (Å²) >= 11 is 0. The zero-order valence-corrected chi connectivity index (χ0v) is 16.4. The van der Waals surface area contributed by atoms with Crippen LogP contribution in [-0.2, 0) is 9.47 Å². The van der Waals surface area contributed by atoms with Gasteiger partial charge in [-0.15, -0.1) is 0 Å². The molecule has 0 radical (unpaired) electrons. The molecule has 2 aliphatic rings. The van der Waals surface area contributed by atoms with Crippen molar-refractivity contribution in [3.63, 3.8) is 0 Å². The van der Waals surface area contributed by atoms with Crippen molar-refractivity contribution in [2.75, 3.05) is 53.6 Å². The second-order valence-corrected chi connectivity index (χ2v) is 6.76. The van der Waals surface area contributed by atoms with Gasteiger partial charge >= 0.3 is 0 Å². The first kappa shape index (κ1) is 19.8. The molecule has 7 heteroatoms. The SMILES string of the molecule is CN=C(NCCCOc1ccc(OC)cc1)N1CCOC(C2CCCO2)C1. The second kappa shape index (κ2) is 10.4. The molecule has 0 saturated carbocycles. The van der Waals surface area contributed by atoms with Crippen LogP contribution in [0, 0.1) is 0 Å². The van der Waals surface area contributed by atoms with Crippen LogP contribution in [0.3, 0.4) is 0 Å². The summed E-state index contributed by atoms with van der Waals surface area (Å²) in [6, 6.07) is 7.64. The van der Waals surface area contributed by atoms with E-state index in [1.807, 2.05) is 31.3 Å². The lowest BCUT2D eigenvalue weighted by atomic mass is 10.1. The molecule has 1 N–H and O–H groups in total. The largest absolute Gasteiger partial charge is 0.497 e. The smallest absolute Gasteiger partial charge is 0.193 e. The Morgan fingerprint density at radius 1 is 1.19 bits per heavy atom. The molecule has 2 aliphatic heterocycles. The molecule has 2 heterocycles. The number of hydrogen-bond acceptors (Lipinski definition) is 5. The van der Waals surface area contributed by atoms with Crippen molar-refractivity contribution in [3.05, 3.63) is 24.3 Å². The average Bonchev–Trinajstić information content (AvgIpc) is 3.26. The third kappa shape index (κ3) is 5.74. The first-order valence-electron chi connectivity index (χ1n) is 9.76. The van der Waals surface area contributed by atoms with Crippen molar-refractivity contribution in [3.8, 4) is 11.5 Å². The van der Waals surface area contributed by atoms with Crippen molar-refractivity contribution in [2.45, 2.75) is 31.5 Å². The summed E-state index contributed by atoms with van der Waals surface area (Å²) in [5.74, 6) is 2.61. The fraction of sp³-hybridized carbons (Fsp3) is 0.650. The van der Waals surface area contributed by atoms with E-state index in [0.29, 0.717) is 13.2 Å². The number of benzene rings is 1. The summed E-state index contributed by atoms with van der Waals surface area (Å²) in [6.45, 7) is 4.71. The minimum absolute atomic E-state index is 0.137. The number of aliphatic imine (C=N–C) groups is 1. The predicted octanol–water partition coefficient (Wildman–Crippen LogP) is 1.92. The van der Waals surface area contributed by atoms with Crippen LogP contribution in [-0.4, -0.2) is 76.7 Å². The van der Waals surface area contributed by atoms with Crippen LogP contribution >= 0.6 is 0 Å². The van der Waals surface area contributed by atoms with Gasteiger partial charge in [0.2, 0.25) is 0 Å². The van der Waals surface area contributed by atoms with E-state index in [2.05, 4.69) is 15.2 Å². The molecule has 0 bridgehead atoms. The van der Waals surface area contributed by atoms with E-state index in [1.165, 1.54) is 0 Å². The number of nitrogens with zero attached hydrogens (tertiary/aromatic N) is 2. The van der Waals surface area contributed by atoms with E-state index in [0.717, 1.165) is 63.0 Å². The highest BCUT2D eigenvalue weighted by atomic mass is 16.5. The molecule has 2 fully saturated rings.